The first-order valence-corrected chi connectivity index (χ1v) is 10.5. The largest absolute Gasteiger partial charge is 0.457 e. The average Bonchev–Trinajstić information content (AvgIpc) is 2.84. The molecule has 0 spiro atoms. The van der Waals surface area contributed by atoms with Crippen LogP contribution in [0.5, 0.6) is 11.5 Å². The fraction of sp³-hybridized carbons (Fsp3) is 0.348. The Morgan fingerprint density at radius 1 is 1.04 bits per heavy atom. The van der Waals surface area contributed by atoms with E-state index < -0.39 is 0 Å². The predicted molar refractivity (Wildman–Crippen MR) is 118 cm³/mol. The van der Waals surface area contributed by atoms with Gasteiger partial charge in [0.2, 0.25) is 0 Å². The van der Waals surface area contributed by atoms with Gasteiger partial charge in [0.05, 0.1) is 10.9 Å². The van der Waals surface area contributed by atoms with E-state index in [4.69, 9.17) is 4.74 Å². The fourth-order valence-corrected chi connectivity index (χ4v) is 5.09. The summed E-state index contributed by atoms with van der Waals surface area (Å²) in [6, 6.07) is 16.6. The summed E-state index contributed by atoms with van der Waals surface area (Å²) in [7, 11) is 2.01. The van der Waals surface area contributed by atoms with Gasteiger partial charge in [0.1, 0.15) is 17.3 Å². The summed E-state index contributed by atoms with van der Waals surface area (Å²) in [6.45, 7) is 9.67. The number of aromatic nitrogens is 2. The highest BCUT2D eigenvalue weighted by Gasteiger charge is 2.34. The third kappa shape index (κ3) is 3.76. The van der Waals surface area contributed by atoms with Gasteiger partial charge in [0.15, 0.2) is 0 Å². The Labute approximate surface area is 171 Å². The Hall–Kier alpha value is -2.40. The van der Waals surface area contributed by atoms with Crippen molar-refractivity contribution in [3.8, 4) is 11.5 Å². The van der Waals surface area contributed by atoms with Crippen molar-refractivity contribution in [3.05, 3.63) is 70.9 Å². The maximum atomic E-state index is 6.00. The molecule has 0 bridgehead atoms. The van der Waals surface area contributed by atoms with E-state index in [0.29, 0.717) is 0 Å². The molecule has 1 unspecified atom stereocenters. The molecule has 28 heavy (non-hydrogen) atoms. The molecule has 0 radical (unpaired) electrons. The molecule has 1 atom stereocenters. The van der Waals surface area contributed by atoms with Gasteiger partial charge in [-0.2, -0.15) is 5.10 Å². The molecular weight excluding hydrogens is 366 g/mol. The second-order valence-electron chi connectivity index (χ2n) is 8.07. The minimum absolute atomic E-state index is 0.118. The number of nitrogens with zero attached hydrogens (tertiary/aromatic N) is 2. The van der Waals surface area contributed by atoms with E-state index >= 15 is 0 Å². The van der Waals surface area contributed by atoms with Crippen molar-refractivity contribution < 1.29 is 4.74 Å². The summed E-state index contributed by atoms with van der Waals surface area (Å²) >= 11 is 1.99. The number of rotatable bonds is 3. The van der Waals surface area contributed by atoms with Crippen LogP contribution in [0.1, 0.15) is 41.5 Å². The normalized spacial score (nSPS) is 18.1. The first-order chi connectivity index (χ1) is 13.3. The lowest BCUT2D eigenvalue weighted by atomic mass is 10.0. The molecule has 5 heteroatoms. The number of thioether (sulfide) groups is 1. The van der Waals surface area contributed by atoms with E-state index in [0.717, 1.165) is 29.6 Å². The molecule has 0 aliphatic carbocycles. The summed E-state index contributed by atoms with van der Waals surface area (Å²) in [5, 5.41) is 8.50. The van der Waals surface area contributed by atoms with Gasteiger partial charge in [0.25, 0.3) is 0 Å². The molecule has 4 nitrogen and oxygen atoms in total. The summed E-state index contributed by atoms with van der Waals surface area (Å²) in [5.41, 5.74) is 4.87. The molecule has 0 saturated heterocycles. The Bertz CT molecular complexity index is 974. The lowest BCUT2D eigenvalue weighted by Gasteiger charge is -2.26. The predicted octanol–water partition coefficient (Wildman–Crippen LogP) is 5.86. The maximum absolute atomic E-state index is 6.00. The van der Waals surface area contributed by atoms with Gasteiger partial charge in [-0.1, -0.05) is 29.8 Å². The number of ether oxygens (including phenoxy) is 1. The van der Waals surface area contributed by atoms with Crippen molar-refractivity contribution in [1.82, 2.24) is 9.78 Å². The highest BCUT2D eigenvalue weighted by atomic mass is 32.2. The zero-order valence-corrected chi connectivity index (χ0v) is 17.9. The number of benzene rings is 2. The van der Waals surface area contributed by atoms with Gasteiger partial charge >= 0.3 is 0 Å². The Balaban J connectivity index is 1.64. The van der Waals surface area contributed by atoms with E-state index in [-0.39, 0.29) is 10.00 Å². The van der Waals surface area contributed by atoms with Crippen LogP contribution < -0.4 is 10.1 Å². The second kappa shape index (κ2) is 7.21. The standard InChI is InChI=1S/C23H27N3OS/c1-15-6-10-18(11-7-15)27-19-12-8-17(9-13-19)21-20-16(2)25-26(5)22(20)24-14-23(3,4)28-21/h6-13,21,24H,14H2,1-5H3. The van der Waals surface area contributed by atoms with Crippen molar-refractivity contribution in [2.45, 2.75) is 37.7 Å². The second-order valence-corrected chi connectivity index (χ2v) is 9.88. The van der Waals surface area contributed by atoms with Crippen LogP contribution in [0, 0.1) is 13.8 Å². The molecule has 0 amide bonds. The van der Waals surface area contributed by atoms with Crippen molar-refractivity contribution in [3.63, 3.8) is 0 Å². The minimum Gasteiger partial charge on any atom is -0.457 e. The van der Waals surface area contributed by atoms with Gasteiger partial charge in [-0.05, 0) is 57.5 Å². The zero-order chi connectivity index (χ0) is 19.9. The summed E-state index contributed by atoms with van der Waals surface area (Å²) < 4.78 is 8.09. The monoisotopic (exact) mass is 393 g/mol. The van der Waals surface area contributed by atoms with Crippen LogP contribution in [0.3, 0.4) is 0 Å². The number of nitrogens with one attached hydrogen (secondary N) is 1. The zero-order valence-electron chi connectivity index (χ0n) is 17.1. The first-order valence-electron chi connectivity index (χ1n) is 9.62. The Kier molecular flexibility index (Phi) is 4.88. The van der Waals surface area contributed by atoms with Crippen molar-refractivity contribution in [1.29, 1.82) is 0 Å². The molecule has 0 saturated carbocycles. The Morgan fingerprint density at radius 3 is 2.29 bits per heavy atom. The van der Waals surface area contributed by atoms with E-state index in [1.807, 2.05) is 35.6 Å². The number of aryl methyl sites for hydroxylation is 3. The minimum atomic E-state index is 0.118. The van der Waals surface area contributed by atoms with Crippen LogP contribution >= 0.6 is 11.8 Å². The summed E-state index contributed by atoms with van der Waals surface area (Å²) in [5.74, 6) is 2.84. The van der Waals surface area contributed by atoms with E-state index in [2.05, 4.69) is 74.5 Å². The molecule has 146 valence electrons. The summed E-state index contributed by atoms with van der Waals surface area (Å²) in [6.07, 6.45) is 0. The summed E-state index contributed by atoms with van der Waals surface area (Å²) in [4.78, 5) is 0. The van der Waals surface area contributed by atoms with Crippen molar-refractivity contribution >= 4 is 17.6 Å². The maximum Gasteiger partial charge on any atom is 0.128 e. The number of fused-ring (bicyclic) bond motifs is 1. The molecule has 1 aliphatic heterocycles. The molecule has 0 fully saturated rings. The van der Waals surface area contributed by atoms with Crippen LogP contribution in [0.4, 0.5) is 5.82 Å². The molecule has 1 N–H and O–H groups in total. The molecule has 1 aromatic heterocycles. The van der Waals surface area contributed by atoms with Gasteiger partial charge < -0.3 is 10.1 Å². The van der Waals surface area contributed by atoms with Crippen LogP contribution in [-0.4, -0.2) is 21.1 Å². The van der Waals surface area contributed by atoms with Gasteiger partial charge in [-0.25, -0.2) is 0 Å². The first kappa shape index (κ1) is 18.9. The lowest BCUT2D eigenvalue weighted by Crippen LogP contribution is -2.26. The van der Waals surface area contributed by atoms with Crippen LogP contribution in [-0.2, 0) is 7.05 Å². The molecular formula is C23H27N3OS. The van der Waals surface area contributed by atoms with E-state index in [1.54, 1.807) is 0 Å². The average molecular weight is 394 g/mol. The molecule has 2 heterocycles. The van der Waals surface area contributed by atoms with Crippen LogP contribution in [0.25, 0.3) is 0 Å². The molecule has 4 rings (SSSR count). The Morgan fingerprint density at radius 2 is 1.64 bits per heavy atom. The highest BCUT2D eigenvalue weighted by molar-refractivity contribution is 8.01. The van der Waals surface area contributed by atoms with Crippen molar-refractivity contribution in [2.75, 3.05) is 11.9 Å². The number of hydrogen-bond acceptors (Lipinski definition) is 4. The third-order valence-electron chi connectivity index (χ3n) is 5.09. The van der Waals surface area contributed by atoms with Gasteiger partial charge in [-0.15, -0.1) is 11.8 Å². The van der Waals surface area contributed by atoms with Crippen molar-refractivity contribution in [2.24, 2.45) is 7.05 Å². The number of hydrogen-bond donors (Lipinski definition) is 1. The lowest BCUT2D eigenvalue weighted by molar-refractivity contribution is 0.482. The van der Waals surface area contributed by atoms with Gasteiger partial charge in [-0.3, -0.25) is 4.68 Å². The quantitative estimate of drug-likeness (QED) is 0.605. The topological polar surface area (TPSA) is 39.1 Å². The molecule has 1 aliphatic rings. The fourth-order valence-electron chi connectivity index (χ4n) is 3.60. The SMILES string of the molecule is Cc1ccc(Oc2ccc(C3SC(C)(C)CNc4c3c(C)nn4C)cc2)cc1. The number of anilines is 1. The third-order valence-corrected chi connectivity index (χ3v) is 6.61. The van der Waals surface area contributed by atoms with E-state index in [1.165, 1.54) is 16.7 Å². The van der Waals surface area contributed by atoms with E-state index in [9.17, 15) is 0 Å². The smallest absolute Gasteiger partial charge is 0.128 e. The molecule has 2 aromatic carbocycles. The van der Waals surface area contributed by atoms with Gasteiger partial charge in [0, 0.05) is 23.9 Å². The van der Waals surface area contributed by atoms with Crippen LogP contribution in [0.15, 0.2) is 48.5 Å². The highest BCUT2D eigenvalue weighted by Crippen LogP contribution is 2.49. The van der Waals surface area contributed by atoms with Crippen LogP contribution in [0.2, 0.25) is 0 Å². The molecule has 3 aromatic rings.